The van der Waals surface area contributed by atoms with Crippen LogP contribution in [-0.2, 0) is 4.79 Å². The van der Waals surface area contributed by atoms with Crippen LogP contribution in [0.2, 0.25) is 0 Å². The SMILES string of the molecule is O=C(Nc1oncc1-c1ccccc1)C1CCCC1. The van der Waals surface area contributed by atoms with Crippen molar-refractivity contribution in [3.8, 4) is 11.1 Å². The Morgan fingerprint density at radius 3 is 2.68 bits per heavy atom. The van der Waals surface area contributed by atoms with Gasteiger partial charge in [-0.2, -0.15) is 0 Å². The lowest BCUT2D eigenvalue weighted by Crippen LogP contribution is -2.20. The monoisotopic (exact) mass is 256 g/mol. The molecule has 0 radical (unpaired) electrons. The lowest BCUT2D eigenvalue weighted by atomic mass is 10.1. The van der Waals surface area contributed by atoms with Gasteiger partial charge in [-0.05, 0) is 18.4 Å². The molecule has 1 amide bonds. The van der Waals surface area contributed by atoms with Crippen molar-refractivity contribution in [3.63, 3.8) is 0 Å². The Labute approximate surface area is 111 Å². The van der Waals surface area contributed by atoms with E-state index in [0.717, 1.165) is 36.8 Å². The van der Waals surface area contributed by atoms with Gasteiger partial charge in [-0.25, -0.2) is 0 Å². The van der Waals surface area contributed by atoms with Gasteiger partial charge in [-0.15, -0.1) is 0 Å². The Kier molecular flexibility index (Phi) is 3.31. The first-order valence-corrected chi connectivity index (χ1v) is 6.65. The summed E-state index contributed by atoms with van der Waals surface area (Å²) in [7, 11) is 0. The average molecular weight is 256 g/mol. The van der Waals surface area contributed by atoms with Gasteiger partial charge in [0.1, 0.15) is 0 Å². The van der Waals surface area contributed by atoms with E-state index in [1.54, 1.807) is 6.20 Å². The van der Waals surface area contributed by atoms with E-state index in [2.05, 4.69) is 10.5 Å². The van der Waals surface area contributed by atoms with Crippen LogP contribution in [0.25, 0.3) is 11.1 Å². The van der Waals surface area contributed by atoms with Gasteiger partial charge in [0, 0.05) is 5.92 Å². The predicted octanol–water partition coefficient (Wildman–Crippen LogP) is 3.47. The smallest absolute Gasteiger partial charge is 0.239 e. The maximum atomic E-state index is 12.1. The number of amides is 1. The van der Waals surface area contributed by atoms with Crippen LogP contribution in [-0.4, -0.2) is 11.1 Å². The molecule has 4 nitrogen and oxygen atoms in total. The lowest BCUT2D eigenvalue weighted by molar-refractivity contribution is -0.119. The highest BCUT2D eigenvalue weighted by Gasteiger charge is 2.24. The van der Waals surface area contributed by atoms with Crippen LogP contribution in [0.5, 0.6) is 0 Å². The van der Waals surface area contributed by atoms with Gasteiger partial charge in [0.25, 0.3) is 0 Å². The molecule has 0 saturated heterocycles. The molecule has 1 heterocycles. The van der Waals surface area contributed by atoms with Crippen molar-refractivity contribution < 1.29 is 9.32 Å². The molecule has 1 fully saturated rings. The molecule has 98 valence electrons. The number of anilines is 1. The topological polar surface area (TPSA) is 55.1 Å². The minimum atomic E-state index is 0.0476. The van der Waals surface area contributed by atoms with Crippen molar-refractivity contribution in [3.05, 3.63) is 36.5 Å². The standard InChI is InChI=1S/C15H16N2O2/c18-14(12-8-4-5-9-12)17-15-13(10-16-19-15)11-6-2-1-3-7-11/h1-3,6-7,10,12H,4-5,8-9H2,(H,17,18). The third kappa shape index (κ3) is 2.52. The van der Waals surface area contributed by atoms with Crippen LogP contribution >= 0.6 is 0 Å². The van der Waals surface area contributed by atoms with E-state index < -0.39 is 0 Å². The zero-order chi connectivity index (χ0) is 13.1. The Balaban J connectivity index is 1.79. The van der Waals surface area contributed by atoms with Crippen molar-refractivity contribution >= 4 is 11.8 Å². The van der Waals surface area contributed by atoms with Crippen molar-refractivity contribution in [1.82, 2.24) is 5.16 Å². The molecule has 0 spiro atoms. The summed E-state index contributed by atoms with van der Waals surface area (Å²) in [5.41, 5.74) is 1.82. The zero-order valence-corrected chi connectivity index (χ0v) is 10.6. The van der Waals surface area contributed by atoms with Crippen molar-refractivity contribution in [2.75, 3.05) is 5.32 Å². The minimum Gasteiger partial charge on any atom is -0.338 e. The van der Waals surface area contributed by atoms with Gasteiger partial charge in [-0.3, -0.25) is 10.1 Å². The molecule has 0 aliphatic heterocycles. The third-order valence-electron chi connectivity index (χ3n) is 3.62. The van der Waals surface area contributed by atoms with E-state index in [-0.39, 0.29) is 11.8 Å². The first kappa shape index (κ1) is 12.0. The highest BCUT2D eigenvalue weighted by molar-refractivity contribution is 5.94. The summed E-state index contributed by atoms with van der Waals surface area (Å²) in [6.07, 6.45) is 5.86. The maximum Gasteiger partial charge on any atom is 0.239 e. The molecule has 1 aliphatic carbocycles. The normalized spacial score (nSPS) is 15.6. The molecule has 1 saturated carbocycles. The molecule has 19 heavy (non-hydrogen) atoms. The molecule has 1 aliphatic rings. The van der Waals surface area contributed by atoms with E-state index >= 15 is 0 Å². The molecule has 0 unspecified atom stereocenters. The second kappa shape index (κ2) is 5.26. The molecule has 1 aromatic carbocycles. The number of benzene rings is 1. The van der Waals surface area contributed by atoms with Gasteiger partial charge in [-0.1, -0.05) is 48.3 Å². The number of carbonyl (C=O) groups excluding carboxylic acids is 1. The fourth-order valence-corrected chi connectivity index (χ4v) is 2.56. The first-order valence-electron chi connectivity index (χ1n) is 6.65. The van der Waals surface area contributed by atoms with Crippen LogP contribution < -0.4 is 5.32 Å². The quantitative estimate of drug-likeness (QED) is 0.914. The van der Waals surface area contributed by atoms with Crippen molar-refractivity contribution in [1.29, 1.82) is 0 Å². The highest BCUT2D eigenvalue weighted by Crippen LogP contribution is 2.30. The molecule has 1 aromatic heterocycles. The second-order valence-electron chi connectivity index (χ2n) is 4.91. The van der Waals surface area contributed by atoms with Gasteiger partial charge < -0.3 is 4.52 Å². The summed E-state index contributed by atoms with van der Waals surface area (Å²) < 4.78 is 5.17. The molecule has 0 bridgehead atoms. The number of nitrogens with one attached hydrogen (secondary N) is 1. The van der Waals surface area contributed by atoms with E-state index in [1.807, 2.05) is 30.3 Å². The summed E-state index contributed by atoms with van der Waals surface area (Å²) in [4.78, 5) is 12.1. The molecule has 3 rings (SSSR count). The summed E-state index contributed by atoms with van der Waals surface area (Å²) >= 11 is 0. The van der Waals surface area contributed by atoms with Crippen LogP contribution in [0.4, 0.5) is 5.88 Å². The number of carbonyl (C=O) groups is 1. The predicted molar refractivity (Wildman–Crippen MR) is 72.5 cm³/mol. The fourth-order valence-electron chi connectivity index (χ4n) is 2.56. The largest absolute Gasteiger partial charge is 0.338 e. The first-order chi connectivity index (χ1) is 9.34. The van der Waals surface area contributed by atoms with Crippen molar-refractivity contribution in [2.45, 2.75) is 25.7 Å². The summed E-state index contributed by atoms with van der Waals surface area (Å²) in [6, 6.07) is 9.79. The van der Waals surface area contributed by atoms with Crippen LogP contribution in [0.15, 0.2) is 41.1 Å². The van der Waals surface area contributed by atoms with Gasteiger partial charge >= 0.3 is 0 Å². The Bertz CT molecular complexity index is 557. The molecular formula is C15H16N2O2. The summed E-state index contributed by atoms with van der Waals surface area (Å²) in [5, 5.41) is 6.65. The molecule has 2 aromatic rings. The number of aromatic nitrogens is 1. The molecule has 4 heteroatoms. The van der Waals surface area contributed by atoms with E-state index in [0.29, 0.717) is 5.88 Å². The highest BCUT2D eigenvalue weighted by atomic mass is 16.5. The van der Waals surface area contributed by atoms with E-state index in [4.69, 9.17) is 4.52 Å². The Hall–Kier alpha value is -2.10. The number of hydrogen-bond acceptors (Lipinski definition) is 3. The summed E-state index contributed by atoms with van der Waals surface area (Å²) in [5.74, 6) is 0.614. The number of hydrogen-bond donors (Lipinski definition) is 1. The second-order valence-corrected chi connectivity index (χ2v) is 4.91. The Morgan fingerprint density at radius 2 is 1.95 bits per heavy atom. The number of nitrogens with zero attached hydrogens (tertiary/aromatic N) is 1. The average Bonchev–Trinajstić information content (AvgIpc) is 3.11. The van der Waals surface area contributed by atoms with Crippen LogP contribution in [0.1, 0.15) is 25.7 Å². The fraction of sp³-hybridized carbons (Fsp3) is 0.333. The molecule has 0 atom stereocenters. The molecule has 1 N–H and O–H groups in total. The van der Waals surface area contributed by atoms with Crippen LogP contribution in [0.3, 0.4) is 0 Å². The molecular weight excluding hydrogens is 240 g/mol. The Morgan fingerprint density at radius 1 is 1.21 bits per heavy atom. The third-order valence-corrected chi connectivity index (χ3v) is 3.62. The van der Waals surface area contributed by atoms with Crippen LogP contribution in [0, 0.1) is 5.92 Å². The van der Waals surface area contributed by atoms with E-state index in [1.165, 1.54) is 0 Å². The van der Waals surface area contributed by atoms with Gasteiger partial charge in [0.2, 0.25) is 11.8 Å². The zero-order valence-electron chi connectivity index (χ0n) is 10.6. The summed E-state index contributed by atoms with van der Waals surface area (Å²) in [6.45, 7) is 0. The number of rotatable bonds is 3. The lowest BCUT2D eigenvalue weighted by Gasteiger charge is -2.08. The minimum absolute atomic E-state index is 0.0476. The van der Waals surface area contributed by atoms with Gasteiger partial charge in [0.15, 0.2) is 0 Å². The maximum absolute atomic E-state index is 12.1. The van der Waals surface area contributed by atoms with Gasteiger partial charge in [0.05, 0.1) is 11.8 Å². The van der Waals surface area contributed by atoms with Crippen molar-refractivity contribution in [2.24, 2.45) is 5.92 Å². The van der Waals surface area contributed by atoms with E-state index in [9.17, 15) is 4.79 Å².